The zero-order valence-corrected chi connectivity index (χ0v) is 10.4. The van der Waals surface area contributed by atoms with Crippen LogP contribution >= 0.6 is 0 Å². The molecule has 2 unspecified atom stereocenters. The van der Waals surface area contributed by atoms with Gasteiger partial charge in [0.1, 0.15) is 0 Å². The largest absolute Gasteiger partial charge is 0.412 e. The van der Waals surface area contributed by atoms with Crippen molar-refractivity contribution < 1.29 is 18.3 Å². The van der Waals surface area contributed by atoms with E-state index in [-0.39, 0.29) is 12.3 Å². The summed E-state index contributed by atoms with van der Waals surface area (Å²) >= 11 is 0. The molecule has 2 atom stereocenters. The van der Waals surface area contributed by atoms with E-state index in [2.05, 4.69) is 0 Å². The molecule has 1 N–H and O–H groups in total. The normalized spacial score (nSPS) is 16.4. The summed E-state index contributed by atoms with van der Waals surface area (Å²) in [6.07, 6.45) is -4.08. The SMILES string of the molecule is C/C(=C\CC(O)C(C)c1ccccc1)C(F)(F)F. The molecular weight excluding hydrogens is 241 g/mol. The molecule has 0 saturated carbocycles. The summed E-state index contributed by atoms with van der Waals surface area (Å²) in [5.41, 5.74) is 0.255. The third-order valence-corrected chi connectivity index (χ3v) is 3.02. The molecule has 0 aliphatic rings. The van der Waals surface area contributed by atoms with Crippen LogP contribution in [0, 0.1) is 0 Å². The van der Waals surface area contributed by atoms with Crippen LogP contribution in [0.2, 0.25) is 0 Å². The number of rotatable bonds is 4. The number of allylic oxidation sites excluding steroid dienone is 1. The molecule has 0 aromatic heterocycles. The Bertz CT molecular complexity index is 395. The van der Waals surface area contributed by atoms with Gasteiger partial charge < -0.3 is 5.11 Å². The van der Waals surface area contributed by atoms with Crippen LogP contribution in [0.15, 0.2) is 42.0 Å². The van der Waals surface area contributed by atoms with Gasteiger partial charge in [-0.1, -0.05) is 43.3 Å². The van der Waals surface area contributed by atoms with E-state index < -0.39 is 17.9 Å². The number of aliphatic hydroxyl groups is 1. The second kappa shape index (κ2) is 6.05. The fourth-order valence-corrected chi connectivity index (χ4v) is 1.60. The van der Waals surface area contributed by atoms with Gasteiger partial charge in [0.15, 0.2) is 0 Å². The quantitative estimate of drug-likeness (QED) is 0.808. The molecule has 0 amide bonds. The minimum atomic E-state index is -4.31. The highest BCUT2D eigenvalue weighted by molar-refractivity contribution is 5.20. The van der Waals surface area contributed by atoms with Crippen LogP contribution in [0.1, 0.15) is 31.7 Å². The van der Waals surface area contributed by atoms with E-state index in [0.717, 1.165) is 18.6 Å². The van der Waals surface area contributed by atoms with Gasteiger partial charge in [-0.25, -0.2) is 0 Å². The highest BCUT2D eigenvalue weighted by Crippen LogP contribution is 2.27. The lowest BCUT2D eigenvalue weighted by Crippen LogP contribution is -2.16. The summed E-state index contributed by atoms with van der Waals surface area (Å²) in [5.74, 6) is -0.191. The molecule has 1 aromatic rings. The Kier molecular flexibility index (Phi) is 4.96. The van der Waals surface area contributed by atoms with E-state index in [9.17, 15) is 18.3 Å². The average Bonchev–Trinajstić information content (AvgIpc) is 2.34. The van der Waals surface area contributed by atoms with Crippen molar-refractivity contribution in [3.63, 3.8) is 0 Å². The Hall–Kier alpha value is -1.29. The first kappa shape index (κ1) is 14.8. The lowest BCUT2D eigenvalue weighted by atomic mass is 9.93. The smallest absolute Gasteiger partial charge is 0.392 e. The fourth-order valence-electron chi connectivity index (χ4n) is 1.60. The van der Waals surface area contributed by atoms with Crippen LogP contribution in [0.25, 0.3) is 0 Å². The molecule has 0 heterocycles. The van der Waals surface area contributed by atoms with E-state index in [1.54, 1.807) is 6.92 Å². The topological polar surface area (TPSA) is 20.2 Å². The summed E-state index contributed by atoms with van der Waals surface area (Å²) in [5, 5.41) is 9.87. The van der Waals surface area contributed by atoms with Gasteiger partial charge in [-0.05, 0) is 18.9 Å². The molecule has 1 nitrogen and oxygen atoms in total. The lowest BCUT2D eigenvalue weighted by Gasteiger charge is -2.18. The molecule has 0 aliphatic carbocycles. The van der Waals surface area contributed by atoms with E-state index in [0.29, 0.717) is 0 Å². The fraction of sp³-hybridized carbons (Fsp3) is 0.429. The summed E-state index contributed by atoms with van der Waals surface area (Å²) in [4.78, 5) is 0. The number of hydrogen-bond acceptors (Lipinski definition) is 1. The standard InChI is InChI=1S/C14H17F3O/c1-10(14(15,16)17)8-9-13(18)11(2)12-6-4-3-5-7-12/h3-8,11,13,18H,9H2,1-2H3/b10-8+. The predicted octanol–water partition coefficient (Wildman–Crippen LogP) is 4.05. The van der Waals surface area contributed by atoms with E-state index in [4.69, 9.17) is 0 Å². The van der Waals surface area contributed by atoms with Crippen molar-refractivity contribution in [1.29, 1.82) is 0 Å². The van der Waals surface area contributed by atoms with Crippen molar-refractivity contribution in [3.05, 3.63) is 47.5 Å². The highest BCUT2D eigenvalue weighted by Gasteiger charge is 2.29. The van der Waals surface area contributed by atoms with Crippen molar-refractivity contribution in [3.8, 4) is 0 Å². The summed E-state index contributed by atoms with van der Waals surface area (Å²) in [6.45, 7) is 2.82. The minimum absolute atomic E-state index is 0.00139. The maximum absolute atomic E-state index is 12.3. The molecule has 0 aliphatic heterocycles. The Morgan fingerprint density at radius 1 is 1.28 bits per heavy atom. The third-order valence-electron chi connectivity index (χ3n) is 3.02. The zero-order chi connectivity index (χ0) is 13.8. The zero-order valence-electron chi connectivity index (χ0n) is 10.4. The predicted molar refractivity (Wildman–Crippen MR) is 65.3 cm³/mol. The van der Waals surface area contributed by atoms with Gasteiger partial charge in [0.05, 0.1) is 6.10 Å². The summed E-state index contributed by atoms with van der Waals surface area (Å²) < 4.78 is 36.8. The molecule has 100 valence electrons. The van der Waals surface area contributed by atoms with Gasteiger partial charge in [0, 0.05) is 11.5 Å². The van der Waals surface area contributed by atoms with Crippen molar-refractivity contribution in [2.24, 2.45) is 0 Å². The molecular formula is C14H17F3O. The Balaban J connectivity index is 2.64. The lowest BCUT2D eigenvalue weighted by molar-refractivity contribution is -0.0917. The van der Waals surface area contributed by atoms with E-state index in [1.807, 2.05) is 30.3 Å². The molecule has 4 heteroatoms. The number of alkyl halides is 3. The Morgan fingerprint density at radius 2 is 1.83 bits per heavy atom. The van der Waals surface area contributed by atoms with Gasteiger partial charge in [0.25, 0.3) is 0 Å². The van der Waals surface area contributed by atoms with Crippen LogP contribution in [0.3, 0.4) is 0 Å². The van der Waals surface area contributed by atoms with Crippen molar-refractivity contribution in [2.45, 2.75) is 38.5 Å². The van der Waals surface area contributed by atoms with Gasteiger partial charge in [-0.2, -0.15) is 13.2 Å². The number of hydrogen-bond donors (Lipinski definition) is 1. The monoisotopic (exact) mass is 258 g/mol. The van der Waals surface area contributed by atoms with Crippen LogP contribution in [-0.2, 0) is 0 Å². The molecule has 1 rings (SSSR count). The third kappa shape index (κ3) is 4.18. The maximum atomic E-state index is 12.3. The number of aliphatic hydroxyl groups excluding tert-OH is 1. The highest BCUT2D eigenvalue weighted by atomic mass is 19.4. The maximum Gasteiger partial charge on any atom is 0.412 e. The van der Waals surface area contributed by atoms with Gasteiger partial charge in [0.2, 0.25) is 0 Å². The minimum Gasteiger partial charge on any atom is -0.392 e. The molecule has 0 spiro atoms. The summed E-state index contributed by atoms with van der Waals surface area (Å²) in [6, 6.07) is 9.25. The molecule has 1 aromatic carbocycles. The van der Waals surface area contributed by atoms with Crippen LogP contribution in [0.5, 0.6) is 0 Å². The Morgan fingerprint density at radius 3 is 2.33 bits per heavy atom. The number of halogens is 3. The van der Waals surface area contributed by atoms with Gasteiger partial charge >= 0.3 is 6.18 Å². The second-order valence-electron chi connectivity index (χ2n) is 4.39. The Labute approximate surface area is 105 Å². The molecule has 0 bridgehead atoms. The average molecular weight is 258 g/mol. The first-order valence-electron chi connectivity index (χ1n) is 5.79. The van der Waals surface area contributed by atoms with Crippen LogP contribution in [0.4, 0.5) is 13.2 Å². The molecule has 0 radical (unpaired) electrons. The second-order valence-corrected chi connectivity index (χ2v) is 4.39. The summed E-state index contributed by atoms with van der Waals surface area (Å²) in [7, 11) is 0. The molecule has 0 saturated heterocycles. The molecule has 18 heavy (non-hydrogen) atoms. The van der Waals surface area contributed by atoms with E-state index >= 15 is 0 Å². The van der Waals surface area contributed by atoms with Gasteiger partial charge in [-0.3, -0.25) is 0 Å². The first-order valence-corrected chi connectivity index (χ1v) is 5.79. The van der Waals surface area contributed by atoms with Crippen LogP contribution < -0.4 is 0 Å². The van der Waals surface area contributed by atoms with Gasteiger partial charge in [-0.15, -0.1) is 0 Å². The molecule has 0 fully saturated rings. The van der Waals surface area contributed by atoms with Crippen molar-refractivity contribution in [2.75, 3.05) is 0 Å². The van der Waals surface area contributed by atoms with E-state index in [1.165, 1.54) is 0 Å². The number of benzene rings is 1. The van der Waals surface area contributed by atoms with Crippen molar-refractivity contribution >= 4 is 0 Å². The van der Waals surface area contributed by atoms with Crippen molar-refractivity contribution in [1.82, 2.24) is 0 Å². The van der Waals surface area contributed by atoms with Crippen LogP contribution in [-0.4, -0.2) is 17.4 Å². The first-order chi connectivity index (χ1) is 8.32.